The number of hydrogen-bond acceptors (Lipinski definition) is 12. The summed E-state index contributed by atoms with van der Waals surface area (Å²) in [6.45, 7) is 6.00. The number of esters is 2. The van der Waals surface area contributed by atoms with Gasteiger partial charge in [0.05, 0.1) is 0 Å². The van der Waals surface area contributed by atoms with Crippen LogP contribution in [0.2, 0.25) is 0 Å². The Morgan fingerprint density at radius 2 is 1.35 bits per heavy atom. The molecule has 0 heterocycles. The quantitative estimate of drug-likeness (QED) is 0.0643. The summed E-state index contributed by atoms with van der Waals surface area (Å²) in [5, 5.41) is 0. The zero-order valence-electron chi connectivity index (χ0n) is 10.2. The fraction of sp³-hybridized carbons (Fsp3) is 0.429. The summed E-state index contributed by atoms with van der Waals surface area (Å²) in [5.74, 6) is -2.06. The van der Waals surface area contributed by atoms with Gasteiger partial charge in [-0.1, -0.05) is 0 Å². The van der Waals surface area contributed by atoms with E-state index >= 15 is 0 Å². The Hall–Kier alpha value is -1.23. The minimum absolute atomic E-state index is 1.23. The Morgan fingerprint density at radius 3 is 1.60 bits per heavy atom. The number of halogens is 1. The normalized spacial score (nSPS) is 12.1. The Labute approximate surface area is 124 Å². The molecule has 0 aliphatic heterocycles. The molecule has 0 aromatic carbocycles. The average molecular weight is 404 g/mol. The van der Waals surface area contributed by atoms with Crippen molar-refractivity contribution in [1.82, 2.24) is 0 Å². The van der Waals surface area contributed by atoms with Crippen LogP contribution in [0.5, 0.6) is 0 Å². The molecule has 12 nitrogen and oxygen atoms in total. The third-order valence-electron chi connectivity index (χ3n) is 1.70. The van der Waals surface area contributed by atoms with Crippen LogP contribution >= 0.6 is 0 Å². The van der Waals surface area contributed by atoms with Crippen LogP contribution in [0.25, 0.3) is 0 Å². The summed E-state index contributed by atoms with van der Waals surface area (Å²) in [6.07, 6.45) is 0. The van der Waals surface area contributed by atoms with E-state index in [1.54, 1.807) is 0 Å². The number of rotatable bonds is 8. The Morgan fingerprint density at radius 1 is 1.00 bits per heavy atom. The zero-order valence-corrected chi connectivity index (χ0v) is 12.3. The Bertz CT molecular complexity index is 367. The van der Waals surface area contributed by atoms with Gasteiger partial charge in [0.1, 0.15) is 0 Å². The molecular weight excluding hydrogens is 389 g/mol. The van der Waals surface area contributed by atoms with Gasteiger partial charge in [0, 0.05) is 0 Å². The Kier molecular flexibility index (Phi) is 7.06. The second kappa shape index (κ2) is 7.53. The van der Waals surface area contributed by atoms with Gasteiger partial charge >= 0.3 is 124 Å². The zero-order chi connectivity index (χ0) is 16.0. The van der Waals surface area contributed by atoms with Gasteiger partial charge in [-0.25, -0.2) is 0 Å². The molecule has 0 aliphatic carbocycles. The van der Waals surface area contributed by atoms with Crippen molar-refractivity contribution in [3.8, 4) is 0 Å². The van der Waals surface area contributed by atoms with E-state index in [0.717, 1.165) is 0 Å². The first-order valence-electron chi connectivity index (χ1n) is 4.63. The number of carbonyl (C=O) groups is 2. The van der Waals surface area contributed by atoms with E-state index in [9.17, 15) is 9.59 Å². The SMILES string of the molecule is C=NC(N)(N)C(=O)OC(OC(=O)C(N)(N)N=C)[I-]ON. The topological polar surface area (TPSA) is 217 Å². The van der Waals surface area contributed by atoms with Crippen molar-refractivity contribution < 1.29 is 43.8 Å². The predicted octanol–water partition coefficient (Wildman–Crippen LogP) is -7.21. The Balaban J connectivity index is 4.83. The van der Waals surface area contributed by atoms with E-state index in [1.165, 1.54) is 0 Å². The van der Waals surface area contributed by atoms with Crippen molar-refractivity contribution >= 4 is 25.4 Å². The van der Waals surface area contributed by atoms with Crippen molar-refractivity contribution in [2.75, 3.05) is 0 Å². The van der Waals surface area contributed by atoms with Crippen LogP contribution in [0.4, 0.5) is 0 Å². The molecule has 0 bridgehead atoms. The standard InChI is InChI=1S/C7H15IN7O5/c1-14-6(9,10)3(16)18-5(8-20-13)19-4(17)7(11,12)15-2/h5H,1-2,9-13H2/q-1. The van der Waals surface area contributed by atoms with Gasteiger partial charge in [-0.3, -0.25) is 0 Å². The van der Waals surface area contributed by atoms with E-state index in [-0.39, 0.29) is 0 Å². The minimum atomic E-state index is -2.22. The maximum absolute atomic E-state index is 11.5. The number of nitrogens with two attached hydrogens (primary N) is 5. The number of alkyl halides is 1. The molecule has 0 unspecified atom stereocenters. The summed E-state index contributed by atoms with van der Waals surface area (Å²) < 4.78 is 12.1. The molecule has 20 heavy (non-hydrogen) atoms. The van der Waals surface area contributed by atoms with E-state index in [0.29, 0.717) is 0 Å². The second-order valence-corrected chi connectivity index (χ2v) is 5.26. The van der Waals surface area contributed by atoms with Crippen LogP contribution in [0, 0.1) is 0 Å². The molecule has 0 radical (unpaired) electrons. The van der Waals surface area contributed by atoms with Gasteiger partial charge in [0.25, 0.3) is 0 Å². The van der Waals surface area contributed by atoms with Gasteiger partial charge < -0.3 is 0 Å². The third kappa shape index (κ3) is 5.41. The van der Waals surface area contributed by atoms with Crippen molar-refractivity contribution in [1.29, 1.82) is 0 Å². The molecule has 0 spiro atoms. The van der Waals surface area contributed by atoms with Crippen LogP contribution in [0.3, 0.4) is 0 Å². The number of ether oxygens (including phenoxy) is 2. The monoisotopic (exact) mass is 404 g/mol. The van der Waals surface area contributed by atoms with Crippen LogP contribution in [0.1, 0.15) is 0 Å². The molecule has 13 heteroatoms. The van der Waals surface area contributed by atoms with Crippen molar-refractivity contribution in [3.05, 3.63) is 0 Å². The molecule has 0 atom stereocenters. The molecule has 0 amide bonds. The van der Waals surface area contributed by atoms with Gasteiger partial charge in [-0.05, 0) is 0 Å². The average Bonchev–Trinajstić information content (AvgIpc) is 2.38. The van der Waals surface area contributed by atoms with Gasteiger partial charge in [0.15, 0.2) is 0 Å². The summed E-state index contributed by atoms with van der Waals surface area (Å²) in [6, 6.07) is 0. The van der Waals surface area contributed by atoms with Crippen molar-refractivity contribution in [2.45, 2.75) is 15.9 Å². The summed E-state index contributed by atoms with van der Waals surface area (Å²) >= 11 is -1.57. The fourth-order valence-electron chi connectivity index (χ4n) is 0.589. The molecule has 0 saturated heterocycles. The first-order chi connectivity index (χ1) is 9.10. The summed E-state index contributed by atoms with van der Waals surface area (Å²) in [4.78, 5) is 29.3. The van der Waals surface area contributed by atoms with Gasteiger partial charge in [-0.15, -0.1) is 0 Å². The van der Waals surface area contributed by atoms with E-state index in [4.69, 9.17) is 28.8 Å². The first-order valence-corrected chi connectivity index (χ1v) is 6.76. The van der Waals surface area contributed by atoms with Crippen LogP contribution in [0.15, 0.2) is 9.98 Å². The van der Waals surface area contributed by atoms with Crippen LogP contribution in [-0.2, 0) is 22.2 Å². The third-order valence-corrected chi connectivity index (χ3v) is 2.92. The van der Waals surface area contributed by atoms with Crippen LogP contribution < -0.4 is 50.5 Å². The molecule has 0 saturated carbocycles. The molecule has 0 rings (SSSR count). The van der Waals surface area contributed by atoms with E-state index in [1.807, 2.05) is 0 Å². The summed E-state index contributed by atoms with van der Waals surface area (Å²) in [7, 11) is 0. The van der Waals surface area contributed by atoms with Crippen molar-refractivity contribution in [3.63, 3.8) is 0 Å². The predicted molar refractivity (Wildman–Crippen MR) is 62.6 cm³/mol. The second-order valence-electron chi connectivity index (χ2n) is 3.23. The van der Waals surface area contributed by atoms with E-state index < -0.39 is 49.4 Å². The van der Waals surface area contributed by atoms with Crippen molar-refractivity contribution in [2.24, 2.45) is 38.8 Å². The molecule has 10 N–H and O–H groups in total. The van der Waals surface area contributed by atoms with Gasteiger partial charge in [-0.2, -0.15) is 0 Å². The molecular formula is C7H15IN7O5-. The first kappa shape index (κ1) is 18.8. The van der Waals surface area contributed by atoms with E-state index in [2.05, 4.69) is 36.1 Å². The molecule has 0 fully saturated rings. The number of nitrogens with zero attached hydrogens (tertiary/aromatic N) is 2. The molecule has 0 aromatic rings. The number of aliphatic imine (C=N–C) groups is 2. The molecule has 0 aliphatic rings. The number of hydrogen-bond donors (Lipinski definition) is 5. The number of carbonyl (C=O) groups excluding carboxylic acids is 2. The molecule has 0 aromatic heterocycles. The maximum atomic E-state index is 11.5. The fourth-order valence-corrected chi connectivity index (χ4v) is 1.50. The molecule has 116 valence electrons. The van der Waals surface area contributed by atoms with Crippen LogP contribution in [-0.4, -0.2) is 41.2 Å². The summed E-state index contributed by atoms with van der Waals surface area (Å²) in [5.41, 5.74) is 21.0. The van der Waals surface area contributed by atoms with Gasteiger partial charge in [0.2, 0.25) is 0 Å².